The summed E-state index contributed by atoms with van der Waals surface area (Å²) in [5.41, 5.74) is -0.947. The number of pyridine rings is 2. The number of carbonyl (C=O) groups excluding carboxylic acids is 2. The second-order valence-corrected chi connectivity index (χ2v) is 16.9. The van der Waals surface area contributed by atoms with Crippen LogP contribution in [0, 0.1) is 0 Å². The number of benzene rings is 2. The van der Waals surface area contributed by atoms with Crippen LogP contribution < -0.4 is 39.8 Å². The highest BCUT2D eigenvalue weighted by atomic mass is 35.5. The fourth-order valence-corrected chi connectivity index (χ4v) is 6.11. The quantitative estimate of drug-likeness (QED) is 0.108. The molecule has 0 bridgehead atoms. The lowest BCUT2D eigenvalue weighted by Gasteiger charge is -2.33. The Labute approximate surface area is 378 Å². The number of alkyl carbamates (subject to hydrolysis) is 2. The van der Waals surface area contributed by atoms with Crippen molar-refractivity contribution in [3.8, 4) is 34.5 Å². The number of rotatable bonds is 9. The molecule has 2 saturated heterocycles. The summed E-state index contributed by atoms with van der Waals surface area (Å²) in [5, 5.41) is 9.27. The Morgan fingerprint density at radius 2 is 1.00 bits per heavy atom. The van der Waals surface area contributed by atoms with Crippen LogP contribution in [0.2, 0.25) is 5.15 Å². The third-order valence-electron chi connectivity index (χ3n) is 8.60. The third-order valence-corrected chi connectivity index (χ3v) is 8.81. The molecular weight excluding hydrogens is 890 g/mol. The first-order chi connectivity index (χ1) is 30.4. The minimum Gasteiger partial charge on any atom is -0.457 e. The summed E-state index contributed by atoms with van der Waals surface area (Å²) < 4.78 is 102. The zero-order chi connectivity index (χ0) is 47.8. The van der Waals surface area contributed by atoms with Gasteiger partial charge in [-0.15, -0.1) is 26.3 Å². The maximum absolute atomic E-state index is 12.3. The van der Waals surface area contributed by atoms with Gasteiger partial charge < -0.3 is 49.3 Å². The van der Waals surface area contributed by atoms with Crippen LogP contribution in [0.15, 0.2) is 85.2 Å². The Kier molecular flexibility index (Phi) is 18.6. The molecule has 4 aromatic rings. The third kappa shape index (κ3) is 21.6. The molecule has 0 atom stereocenters. The molecule has 21 heteroatoms. The molecule has 6 rings (SSSR count). The molecule has 2 amide bonds. The summed E-state index contributed by atoms with van der Waals surface area (Å²) in [7, 11) is 0. The van der Waals surface area contributed by atoms with Crippen molar-refractivity contribution in [1.29, 1.82) is 0 Å². The second-order valence-electron chi connectivity index (χ2n) is 16.5. The van der Waals surface area contributed by atoms with Crippen LogP contribution in [-0.4, -0.2) is 84.3 Å². The van der Waals surface area contributed by atoms with E-state index in [1.54, 1.807) is 24.4 Å². The number of anilines is 1. The molecule has 2 aliphatic rings. The van der Waals surface area contributed by atoms with Gasteiger partial charge in [0.25, 0.3) is 0 Å². The Balaban J connectivity index is 0.000000237. The molecule has 3 N–H and O–H groups in total. The van der Waals surface area contributed by atoms with Gasteiger partial charge in [0.2, 0.25) is 0 Å². The van der Waals surface area contributed by atoms with Crippen molar-refractivity contribution in [2.24, 2.45) is 0 Å². The number of hydrogen-bond acceptors (Lipinski definition) is 12. The van der Waals surface area contributed by atoms with E-state index in [1.807, 2.05) is 41.5 Å². The Bertz CT molecular complexity index is 2090. The molecule has 65 heavy (non-hydrogen) atoms. The molecule has 2 aliphatic heterocycles. The van der Waals surface area contributed by atoms with Crippen molar-refractivity contribution in [3.63, 3.8) is 0 Å². The van der Waals surface area contributed by atoms with Gasteiger partial charge >= 0.3 is 24.9 Å². The number of nitrogens with zero attached hydrogens (tertiary/aromatic N) is 3. The number of ether oxygens (including phenoxy) is 6. The van der Waals surface area contributed by atoms with Crippen LogP contribution in [0.3, 0.4) is 0 Å². The summed E-state index contributed by atoms with van der Waals surface area (Å²) in [6, 6.07) is 17.0. The molecule has 0 saturated carbocycles. The molecular formula is C44H53ClF6N6O8. The predicted octanol–water partition coefficient (Wildman–Crippen LogP) is 11.0. The van der Waals surface area contributed by atoms with Gasteiger partial charge in [0.1, 0.15) is 56.7 Å². The lowest BCUT2D eigenvalue weighted by atomic mass is 10.1. The maximum atomic E-state index is 12.3. The first-order valence-corrected chi connectivity index (χ1v) is 20.8. The largest absolute Gasteiger partial charge is 0.573 e. The van der Waals surface area contributed by atoms with Gasteiger partial charge in [-0.1, -0.05) is 11.6 Å². The van der Waals surface area contributed by atoms with Gasteiger partial charge in [0, 0.05) is 49.7 Å². The molecule has 2 fully saturated rings. The molecule has 0 aliphatic carbocycles. The Morgan fingerprint density at radius 3 is 1.42 bits per heavy atom. The summed E-state index contributed by atoms with van der Waals surface area (Å²) >= 11 is 5.67. The van der Waals surface area contributed by atoms with Crippen LogP contribution >= 0.6 is 11.6 Å². The number of alkyl halides is 6. The topological polar surface area (TPSA) is 155 Å². The van der Waals surface area contributed by atoms with Crippen LogP contribution in [0.5, 0.6) is 34.5 Å². The van der Waals surface area contributed by atoms with E-state index in [1.165, 1.54) is 48.7 Å². The highest BCUT2D eigenvalue weighted by molar-refractivity contribution is 6.29. The summed E-state index contributed by atoms with van der Waals surface area (Å²) in [5.74, 6) is 1.76. The summed E-state index contributed by atoms with van der Waals surface area (Å²) in [4.78, 5) is 33.6. The highest BCUT2D eigenvalue weighted by Crippen LogP contribution is 2.30. The fraction of sp³-hybridized carbons (Fsp3) is 0.455. The van der Waals surface area contributed by atoms with E-state index in [0.717, 1.165) is 56.7 Å². The maximum Gasteiger partial charge on any atom is 0.573 e. The zero-order valence-electron chi connectivity index (χ0n) is 36.6. The second kappa shape index (κ2) is 23.3. The zero-order valence-corrected chi connectivity index (χ0v) is 37.4. The SMILES string of the molecule is CC(C)(C)OC(=O)NC1CCN(c2cc(Oc3ccc(OC(F)(F)F)cc3)ccn2)CC1.CC(C)(C)OC(=O)NC1CCNCC1.FC(F)(F)Oc1ccc(Oc2ccnc(Cl)c2)cc1. The number of hydrogen-bond donors (Lipinski definition) is 3. The number of piperidine rings is 2. The van der Waals surface area contributed by atoms with Gasteiger partial charge in [-0.3, -0.25) is 0 Å². The highest BCUT2D eigenvalue weighted by Gasteiger charge is 2.32. The number of halogens is 7. The Morgan fingerprint density at radius 1 is 0.600 bits per heavy atom. The molecule has 0 spiro atoms. The van der Waals surface area contributed by atoms with E-state index >= 15 is 0 Å². The van der Waals surface area contributed by atoms with E-state index in [9.17, 15) is 35.9 Å². The van der Waals surface area contributed by atoms with E-state index in [-0.39, 0.29) is 34.8 Å². The molecule has 0 unspecified atom stereocenters. The van der Waals surface area contributed by atoms with Crippen molar-refractivity contribution in [1.82, 2.24) is 25.9 Å². The molecule has 2 aromatic heterocycles. The lowest BCUT2D eigenvalue weighted by Crippen LogP contribution is -2.46. The predicted molar refractivity (Wildman–Crippen MR) is 230 cm³/mol. The van der Waals surface area contributed by atoms with Crippen LogP contribution in [-0.2, 0) is 9.47 Å². The molecule has 14 nitrogen and oxygen atoms in total. The van der Waals surface area contributed by atoms with Crippen molar-refractivity contribution in [3.05, 3.63) is 90.3 Å². The number of amides is 2. The average Bonchev–Trinajstić information content (AvgIpc) is 3.18. The van der Waals surface area contributed by atoms with Gasteiger partial charge in [-0.25, -0.2) is 19.6 Å². The normalized spacial score (nSPS) is 14.9. The standard InChI is InChI=1S/C22H26F3N3O4.C12H7ClF3NO2.C10H20N2O2/c1-21(2,3)32-20(29)27-15-9-12-28(13-10-15)19-14-18(8-11-26-19)30-16-4-6-17(7-5-16)31-22(23,24)25;13-11-7-10(5-6-17-11)18-8-1-3-9(4-2-8)19-12(14,15)16;1-10(2,3)14-9(13)12-8-4-6-11-7-5-8/h4-8,11,14-15H,9-10,12-13H2,1-3H3,(H,27,29);1-7H;8,11H,4-7H2,1-3H3,(H,12,13). The smallest absolute Gasteiger partial charge is 0.457 e. The molecule has 2 aromatic carbocycles. The minimum absolute atomic E-state index is 0.0259. The Hall–Kier alpha value is -5.89. The summed E-state index contributed by atoms with van der Waals surface area (Å²) in [6.07, 6.45) is -3.65. The first kappa shape index (κ1) is 51.7. The van der Waals surface area contributed by atoms with Gasteiger partial charge in [0.15, 0.2) is 0 Å². The van der Waals surface area contributed by atoms with Crippen molar-refractivity contribution < 1.29 is 64.4 Å². The summed E-state index contributed by atoms with van der Waals surface area (Å²) in [6.45, 7) is 14.4. The van der Waals surface area contributed by atoms with Crippen molar-refractivity contribution in [2.75, 3.05) is 31.1 Å². The lowest BCUT2D eigenvalue weighted by molar-refractivity contribution is -0.275. The van der Waals surface area contributed by atoms with Crippen molar-refractivity contribution in [2.45, 2.75) is 103 Å². The van der Waals surface area contributed by atoms with E-state index < -0.39 is 30.0 Å². The monoisotopic (exact) mass is 942 g/mol. The van der Waals surface area contributed by atoms with Gasteiger partial charge in [-0.2, -0.15) is 0 Å². The number of aromatic nitrogens is 2. The van der Waals surface area contributed by atoms with Crippen LogP contribution in [0.4, 0.5) is 41.7 Å². The molecule has 0 radical (unpaired) electrons. The van der Waals surface area contributed by atoms with E-state index in [2.05, 4.69) is 40.3 Å². The van der Waals surface area contributed by atoms with E-state index in [0.29, 0.717) is 36.1 Å². The first-order valence-electron chi connectivity index (χ1n) is 20.5. The van der Waals surface area contributed by atoms with Crippen molar-refractivity contribution >= 4 is 29.6 Å². The van der Waals surface area contributed by atoms with E-state index in [4.69, 9.17) is 30.5 Å². The van der Waals surface area contributed by atoms with Crippen LogP contribution in [0.1, 0.15) is 67.2 Å². The van der Waals surface area contributed by atoms with Crippen LogP contribution in [0.25, 0.3) is 0 Å². The minimum atomic E-state index is -4.74. The van der Waals surface area contributed by atoms with Gasteiger partial charge in [-0.05, 0) is 141 Å². The average molecular weight is 943 g/mol. The number of nitrogens with one attached hydrogen (secondary N) is 3. The molecule has 356 valence electrons. The number of carbonyl (C=O) groups is 2. The fourth-order valence-electron chi connectivity index (χ4n) is 5.94. The molecule has 4 heterocycles. The van der Waals surface area contributed by atoms with Gasteiger partial charge in [0.05, 0.1) is 0 Å².